The van der Waals surface area contributed by atoms with Crippen molar-refractivity contribution in [3.8, 4) is 17.1 Å². The van der Waals surface area contributed by atoms with Crippen LogP contribution in [0.1, 0.15) is 0 Å². The fraction of sp³-hybridized carbons (Fsp3) is 0. The van der Waals surface area contributed by atoms with Gasteiger partial charge < -0.3 is 13.9 Å². The number of hydrogen-bond donors (Lipinski definition) is 0. The minimum Gasteiger partial charge on any atom is -0.435 e. The van der Waals surface area contributed by atoms with E-state index in [4.69, 9.17) is 9.40 Å². The molecule has 5 heteroatoms. The molecular weight excluding hydrogens is 655 g/mol. The summed E-state index contributed by atoms with van der Waals surface area (Å²) < 4.78 is 11.6. The van der Waals surface area contributed by atoms with Gasteiger partial charge in [-0.1, -0.05) is 97.1 Å². The van der Waals surface area contributed by atoms with Crippen LogP contribution in [0.3, 0.4) is 0 Å². The van der Waals surface area contributed by atoms with E-state index in [1.54, 1.807) is 0 Å². The van der Waals surface area contributed by atoms with Gasteiger partial charge in [0.1, 0.15) is 5.52 Å². The molecule has 0 aliphatic carbocycles. The average Bonchev–Trinajstić information content (AvgIpc) is 3.91. The zero-order valence-electron chi connectivity index (χ0n) is 27.9. The van der Waals surface area contributed by atoms with E-state index in [0.717, 1.165) is 55.7 Å². The molecule has 0 atom stereocenters. The number of rotatable bonds is 5. The number of hydrogen-bond acceptors (Lipinski definition) is 4. The number of thiophene rings is 1. The quantitative estimate of drug-likeness (QED) is 0.181. The third-order valence-corrected chi connectivity index (χ3v) is 11.3. The van der Waals surface area contributed by atoms with Crippen molar-refractivity contribution in [3.05, 3.63) is 176 Å². The molecule has 0 saturated heterocycles. The van der Waals surface area contributed by atoms with Crippen molar-refractivity contribution in [1.29, 1.82) is 0 Å². The standard InChI is InChI=1S/C47H29N3OS/c1-3-12-31(13-4-1)47-48-39-26-22-30-14-11-20-41(45(30)46(39)51-47)49(33-24-27-44-38(28-33)37-18-8-10-21-43(37)52-44)34-23-25-36-35-17-7-9-19-40(35)50(42(36)29-34)32-15-5-2-6-16-32/h1-29H. The maximum absolute atomic E-state index is 6.69. The van der Waals surface area contributed by atoms with Crippen molar-refractivity contribution in [2.45, 2.75) is 0 Å². The van der Waals surface area contributed by atoms with Gasteiger partial charge in [-0.15, -0.1) is 11.3 Å². The zero-order valence-corrected chi connectivity index (χ0v) is 28.7. The van der Waals surface area contributed by atoms with E-state index >= 15 is 0 Å². The van der Waals surface area contributed by atoms with Crippen LogP contribution in [0, 0.1) is 0 Å². The minimum absolute atomic E-state index is 0.615. The van der Waals surface area contributed by atoms with Gasteiger partial charge in [-0.05, 0) is 84.2 Å². The number of nitrogens with zero attached hydrogens (tertiary/aromatic N) is 3. The van der Waals surface area contributed by atoms with Crippen LogP contribution in [-0.2, 0) is 0 Å². The minimum atomic E-state index is 0.615. The lowest BCUT2D eigenvalue weighted by Gasteiger charge is -2.27. The number of anilines is 3. The molecule has 0 radical (unpaired) electrons. The van der Waals surface area contributed by atoms with Crippen LogP contribution in [0.2, 0.25) is 0 Å². The summed E-state index contributed by atoms with van der Waals surface area (Å²) in [7, 11) is 0. The maximum Gasteiger partial charge on any atom is 0.227 e. The highest BCUT2D eigenvalue weighted by Crippen LogP contribution is 2.46. The topological polar surface area (TPSA) is 34.2 Å². The van der Waals surface area contributed by atoms with Gasteiger partial charge in [0.15, 0.2) is 5.58 Å². The first-order chi connectivity index (χ1) is 25.8. The molecule has 0 N–H and O–H groups in total. The first-order valence-electron chi connectivity index (χ1n) is 17.5. The van der Waals surface area contributed by atoms with E-state index in [2.05, 4.69) is 155 Å². The van der Waals surface area contributed by atoms with Crippen molar-refractivity contribution in [3.63, 3.8) is 0 Å². The normalized spacial score (nSPS) is 11.8. The van der Waals surface area contributed by atoms with Crippen LogP contribution in [0.4, 0.5) is 17.1 Å². The molecule has 11 aromatic rings. The molecule has 3 heterocycles. The smallest absolute Gasteiger partial charge is 0.227 e. The SMILES string of the molecule is c1ccc(-c2nc3ccc4cccc(N(c5ccc6sc7ccccc7c6c5)c5ccc6c7ccccc7n(-c7ccccc7)c6c5)c4c3o2)cc1. The molecule has 0 aliphatic heterocycles. The highest BCUT2D eigenvalue weighted by Gasteiger charge is 2.22. The summed E-state index contributed by atoms with van der Waals surface area (Å²) in [5, 5.41) is 7.07. The van der Waals surface area contributed by atoms with Crippen LogP contribution in [-0.4, -0.2) is 9.55 Å². The second-order valence-electron chi connectivity index (χ2n) is 13.2. The molecule has 4 nitrogen and oxygen atoms in total. The Morgan fingerprint density at radius 1 is 0.519 bits per heavy atom. The Bertz CT molecular complexity index is 3140. The Morgan fingerprint density at radius 3 is 2.12 bits per heavy atom. The lowest BCUT2D eigenvalue weighted by molar-refractivity contribution is 0.623. The average molecular weight is 684 g/mol. The zero-order chi connectivity index (χ0) is 34.2. The molecule has 8 aromatic carbocycles. The molecule has 3 aromatic heterocycles. The predicted octanol–water partition coefficient (Wildman–Crippen LogP) is 13.6. The summed E-state index contributed by atoms with van der Waals surface area (Å²) in [5.41, 5.74) is 9.18. The molecule has 11 rings (SSSR count). The Hall–Kier alpha value is -6.69. The summed E-state index contributed by atoms with van der Waals surface area (Å²) in [6.45, 7) is 0. The van der Waals surface area contributed by atoms with Crippen molar-refractivity contribution in [2.24, 2.45) is 0 Å². The maximum atomic E-state index is 6.69. The Balaban J connectivity index is 1.22. The molecule has 0 unspecified atom stereocenters. The fourth-order valence-electron chi connectivity index (χ4n) is 7.86. The summed E-state index contributed by atoms with van der Waals surface area (Å²) in [5.74, 6) is 0.615. The summed E-state index contributed by atoms with van der Waals surface area (Å²) in [6, 6.07) is 62.6. The molecule has 0 aliphatic rings. The van der Waals surface area contributed by atoms with Gasteiger partial charge in [-0.25, -0.2) is 4.98 Å². The van der Waals surface area contributed by atoms with Gasteiger partial charge in [0, 0.05) is 53.6 Å². The summed E-state index contributed by atoms with van der Waals surface area (Å²) >= 11 is 1.84. The van der Waals surface area contributed by atoms with Crippen LogP contribution in [0.15, 0.2) is 180 Å². The number of benzene rings is 8. The lowest BCUT2D eigenvalue weighted by atomic mass is 10.0. The fourth-order valence-corrected chi connectivity index (χ4v) is 8.95. The van der Waals surface area contributed by atoms with Crippen molar-refractivity contribution >= 4 is 92.2 Å². The van der Waals surface area contributed by atoms with Crippen molar-refractivity contribution in [1.82, 2.24) is 9.55 Å². The van der Waals surface area contributed by atoms with Gasteiger partial charge in [0.05, 0.1) is 22.1 Å². The summed E-state index contributed by atoms with van der Waals surface area (Å²) in [6.07, 6.45) is 0. The van der Waals surface area contributed by atoms with Gasteiger partial charge in [-0.2, -0.15) is 0 Å². The predicted molar refractivity (Wildman–Crippen MR) is 219 cm³/mol. The molecular formula is C47H29N3OS. The summed E-state index contributed by atoms with van der Waals surface area (Å²) in [4.78, 5) is 7.36. The molecule has 0 bridgehead atoms. The third-order valence-electron chi connectivity index (χ3n) is 10.2. The largest absolute Gasteiger partial charge is 0.435 e. The van der Waals surface area contributed by atoms with Crippen LogP contribution in [0.25, 0.3) is 81.0 Å². The first-order valence-corrected chi connectivity index (χ1v) is 18.3. The molecule has 52 heavy (non-hydrogen) atoms. The van der Waals surface area contributed by atoms with Gasteiger partial charge in [0.25, 0.3) is 0 Å². The Morgan fingerprint density at radius 2 is 1.23 bits per heavy atom. The number of oxazole rings is 1. The number of fused-ring (bicyclic) bond motifs is 9. The van der Waals surface area contributed by atoms with Crippen molar-refractivity contribution < 1.29 is 4.42 Å². The Labute approximate surface area is 303 Å². The van der Waals surface area contributed by atoms with Gasteiger partial charge in [-0.3, -0.25) is 0 Å². The first kappa shape index (κ1) is 29.1. The van der Waals surface area contributed by atoms with Gasteiger partial charge >= 0.3 is 0 Å². The van der Waals surface area contributed by atoms with E-state index in [1.165, 1.54) is 36.5 Å². The van der Waals surface area contributed by atoms with E-state index in [1.807, 2.05) is 41.7 Å². The number of para-hydroxylation sites is 2. The van der Waals surface area contributed by atoms with Gasteiger partial charge in [0.2, 0.25) is 5.89 Å². The lowest BCUT2D eigenvalue weighted by Crippen LogP contribution is -2.10. The highest BCUT2D eigenvalue weighted by atomic mass is 32.1. The molecule has 0 spiro atoms. The number of aromatic nitrogens is 2. The Kier molecular flexibility index (Phi) is 6.39. The van der Waals surface area contributed by atoms with Crippen molar-refractivity contribution in [2.75, 3.05) is 4.90 Å². The second-order valence-corrected chi connectivity index (χ2v) is 14.3. The molecule has 0 fully saturated rings. The van der Waals surface area contributed by atoms with Crippen LogP contribution in [0.5, 0.6) is 0 Å². The van der Waals surface area contributed by atoms with E-state index in [-0.39, 0.29) is 0 Å². The third kappa shape index (κ3) is 4.43. The molecule has 0 saturated carbocycles. The monoisotopic (exact) mass is 683 g/mol. The highest BCUT2D eigenvalue weighted by molar-refractivity contribution is 7.25. The van der Waals surface area contributed by atoms with E-state index in [9.17, 15) is 0 Å². The van der Waals surface area contributed by atoms with E-state index < -0.39 is 0 Å². The van der Waals surface area contributed by atoms with Crippen LogP contribution >= 0.6 is 11.3 Å². The molecule has 244 valence electrons. The van der Waals surface area contributed by atoms with Crippen LogP contribution < -0.4 is 4.90 Å². The molecule has 0 amide bonds. The van der Waals surface area contributed by atoms with E-state index in [0.29, 0.717) is 5.89 Å². The second kappa shape index (κ2) is 11.4.